The Morgan fingerprint density at radius 1 is 1.40 bits per heavy atom. The van der Waals surface area contributed by atoms with Crippen LogP contribution in [0.2, 0.25) is 0 Å². The lowest BCUT2D eigenvalue weighted by Crippen LogP contribution is -2.69. The molecule has 1 aliphatic carbocycles. The van der Waals surface area contributed by atoms with Crippen LogP contribution in [0.1, 0.15) is 40.5 Å². The minimum atomic E-state index is -0.714. The van der Waals surface area contributed by atoms with Gasteiger partial charge in [-0.2, -0.15) is 0 Å². The highest BCUT2D eigenvalue weighted by atomic mass is 16.5. The average molecular weight is 282 g/mol. The molecule has 0 radical (unpaired) electrons. The van der Waals surface area contributed by atoms with Gasteiger partial charge in [0, 0.05) is 6.61 Å². The normalized spacial score (nSPS) is 28.8. The lowest BCUT2D eigenvalue weighted by atomic mass is 9.89. The van der Waals surface area contributed by atoms with Gasteiger partial charge in [-0.25, -0.2) is 0 Å². The van der Waals surface area contributed by atoms with E-state index >= 15 is 0 Å². The van der Waals surface area contributed by atoms with Crippen LogP contribution in [-0.2, 0) is 14.3 Å². The Hall–Kier alpha value is -1.10. The van der Waals surface area contributed by atoms with Crippen molar-refractivity contribution in [1.82, 2.24) is 10.2 Å². The molecule has 2 atom stereocenters. The predicted octanol–water partition coefficient (Wildman–Crippen LogP) is 1.17. The molecule has 2 unspecified atom stereocenters. The number of piperazine rings is 1. The van der Waals surface area contributed by atoms with Crippen LogP contribution in [0.3, 0.4) is 0 Å². The fourth-order valence-electron chi connectivity index (χ4n) is 2.99. The van der Waals surface area contributed by atoms with Crippen LogP contribution in [0.15, 0.2) is 0 Å². The smallest absolute Gasteiger partial charge is 0.249 e. The zero-order valence-corrected chi connectivity index (χ0v) is 12.9. The van der Waals surface area contributed by atoms with E-state index in [1.165, 1.54) is 0 Å². The molecule has 1 saturated carbocycles. The van der Waals surface area contributed by atoms with Gasteiger partial charge in [-0.05, 0) is 38.5 Å². The number of carbonyl (C=O) groups is 2. The van der Waals surface area contributed by atoms with Crippen molar-refractivity contribution in [2.24, 2.45) is 11.8 Å². The molecule has 5 heteroatoms. The van der Waals surface area contributed by atoms with Crippen molar-refractivity contribution in [1.29, 1.82) is 0 Å². The summed E-state index contributed by atoms with van der Waals surface area (Å²) < 4.78 is 5.51. The van der Waals surface area contributed by atoms with Crippen molar-refractivity contribution in [3.05, 3.63) is 0 Å². The Bertz CT molecular complexity index is 393. The number of nitrogens with zero attached hydrogens (tertiary/aromatic N) is 1. The van der Waals surface area contributed by atoms with Crippen molar-refractivity contribution in [2.75, 3.05) is 19.8 Å². The van der Waals surface area contributed by atoms with Crippen LogP contribution in [0.4, 0.5) is 0 Å². The molecule has 1 heterocycles. The van der Waals surface area contributed by atoms with Gasteiger partial charge >= 0.3 is 0 Å². The molecule has 0 aromatic carbocycles. The van der Waals surface area contributed by atoms with E-state index in [-0.39, 0.29) is 30.3 Å². The highest BCUT2D eigenvalue weighted by Gasteiger charge is 2.53. The van der Waals surface area contributed by atoms with Gasteiger partial charge in [-0.1, -0.05) is 13.8 Å². The highest BCUT2D eigenvalue weighted by molar-refractivity contribution is 5.98. The number of nitrogens with one attached hydrogen (secondary N) is 1. The maximum Gasteiger partial charge on any atom is 0.249 e. The molecule has 2 amide bonds. The van der Waals surface area contributed by atoms with E-state index in [9.17, 15) is 9.59 Å². The minimum absolute atomic E-state index is 0.0356. The fourth-order valence-corrected chi connectivity index (χ4v) is 2.99. The van der Waals surface area contributed by atoms with Gasteiger partial charge in [0.1, 0.15) is 12.1 Å². The first-order valence-corrected chi connectivity index (χ1v) is 7.60. The molecule has 20 heavy (non-hydrogen) atoms. The third-order valence-electron chi connectivity index (χ3n) is 4.47. The second-order valence-electron chi connectivity index (χ2n) is 6.43. The van der Waals surface area contributed by atoms with Gasteiger partial charge in [-0.3, -0.25) is 9.59 Å². The van der Waals surface area contributed by atoms with Gasteiger partial charge in [0.15, 0.2) is 0 Å². The van der Waals surface area contributed by atoms with E-state index in [4.69, 9.17) is 4.74 Å². The topological polar surface area (TPSA) is 58.6 Å². The third-order valence-corrected chi connectivity index (χ3v) is 4.47. The fraction of sp³-hybridized carbons (Fsp3) is 0.867. The quantitative estimate of drug-likeness (QED) is 0.795. The number of ether oxygens (including phenoxy) is 1. The first kappa shape index (κ1) is 15.3. The van der Waals surface area contributed by atoms with Crippen LogP contribution in [0.25, 0.3) is 0 Å². The molecular weight excluding hydrogens is 256 g/mol. The molecule has 1 saturated heterocycles. The van der Waals surface area contributed by atoms with Crippen LogP contribution < -0.4 is 5.32 Å². The van der Waals surface area contributed by atoms with Crippen LogP contribution >= 0.6 is 0 Å². The van der Waals surface area contributed by atoms with Gasteiger partial charge in [-0.15, -0.1) is 0 Å². The van der Waals surface area contributed by atoms with E-state index in [1.807, 2.05) is 13.8 Å². The molecule has 2 aliphatic rings. The van der Waals surface area contributed by atoms with Gasteiger partial charge in [0.05, 0.1) is 12.6 Å². The molecule has 0 bridgehead atoms. The maximum absolute atomic E-state index is 12.8. The molecule has 0 aromatic rings. The number of hydrogen-bond donors (Lipinski definition) is 1. The summed E-state index contributed by atoms with van der Waals surface area (Å²) in [5.74, 6) is 0.556. The second kappa shape index (κ2) is 5.72. The van der Waals surface area contributed by atoms with E-state index < -0.39 is 5.54 Å². The number of rotatable bonds is 6. The molecule has 2 rings (SSSR count). The summed E-state index contributed by atoms with van der Waals surface area (Å²) in [7, 11) is 0. The molecule has 5 nitrogen and oxygen atoms in total. The number of amides is 2. The Morgan fingerprint density at radius 3 is 2.55 bits per heavy atom. The first-order valence-electron chi connectivity index (χ1n) is 7.60. The maximum atomic E-state index is 12.8. The Balaban J connectivity index is 2.19. The minimum Gasteiger partial charge on any atom is -0.380 e. The monoisotopic (exact) mass is 282 g/mol. The van der Waals surface area contributed by atoms with Gasteiger partial charge in [0.2, 0.25) is 11.8 Å². The summed E-state index contributed by atoms with van der Waals surface area (Å²) in [4.78, 5) is 26.6. The Morgan fingerprint density at radius 2 is 2.05 bits per heavy atom. The van der Waals surface area contributed by atoms with Crippen molar-refractivity contribution < 1.29 is 14.3 Å². The highest BCUT2D eigenvalue weighted by Crippen LogP contribution is 2.42. The summed E-state index contributed by atoms with van der Waals surface area (Å²) in [6.07, 6.45) is 2.04. The van der Waals surface area contributed by atoms with Crippen molar-refractivity contribution >= 4 is 11.8 Å². The summed E-state index contributed by atoms with van der Waals surface area (Å²) in [5, 5.41) is 2.91. The zero-order chi connectivity index (χ0) is 14.9. The second-order valence-corrected chi connectivity index (χ2v) is 6.43. The van der Waals surface area contributed by atoms with E-state index in [1.54, 1.807) is 4.90 Å². The molecule has 0 aromatic heterocycles. The van der Waals surface area contributed by atoms with Crippen LogP contribution in [0, 0.1) is 11.8 Å². The summed E-state index contributed by atoms with van der Waals surface area (Å²) in [5.41, 5.74) is -0.714. The first-order chi connectivity index (χ1) is 9.40. The van der Waals surface area contributed by atoms with Crippen LogP contribution in [-0.4, -0.2) is 48.1 Å². The zero-order valence-electron chi connectivity index (χ0n) is 12.9. The molecule has 2 fully saturated rings. The SMILES string of the molecule is CCOCC(C(C)C)N1CC(=O)NC(C)(C2CC2)C1=O. The Labute approximate surface area is 121 Å². The largest absolute Gasteiger partial charge is 0.380 e. The van der Waals surface area contributed by atoms with E-state index in [0.29, 0.717) is 19.1 Å². The standard InChI is InChI=1S/C15H26N2O3/c1-5-20-9-12(10(2)3)17-8-13(18)16-15(4,14(17)19)11-6-7-11/h10-12H,5-9H2,1-4H3,(H,16,18). The molecule has 114 valence electrons. The molecule has 1 aliphatic heterocycles. The lowest BCUT2D eigenvalue weighted by molar-refractivity contribution is -0.155. The van der Waals surface area contributed by atoms with Crippen molar-refractivity contribution in [3.63, 3.8) is 0 Å². The lowest BCUT2D eigenvalue weighted by Gasteiger charge is -2.44. The van der Waals surface area contributed by atoms with Crippen molar-refractivity contribution in [3.8, 4) is 0 Å². The van der Waals surface area contributed by atoms with Gasteiger partial charge < -0.3 is 15.0 Å². The van der Waals surface area contributed by atoms with Crippen LogP contribution in [0.5, 0.6) is 0 Å². The number of hydrogen-bond acceptors (Lipinski definition) is 3. The van der Waals surface area contributed by atoms with E-state index in [2.05, 4.69) is 19.2 Å². The number of carbonyl (C=O) groups excluding carboxylic acids is 2. The molecular formula is C15H26N2O3. The van der Waals surface area contributed by atoms with Crippen molar-refractivity contribution in [2.45, 2.75) is 52.1 Å². The molecule has 0 spiro atoms. The summed E-state index contributed by atoms with van der Waals surface area (Å²) in [6, 6.07) is -0.0356. The average Bonchev–Trinajstić information content (AvgIpc) is 3.19. The Kier molecular flexibility index (Phi) is 4.37. The predicted molar refractivity (Wildman–Crippen MR) is 76.1 cm³/mol. The summed E-state index contributed by atoms with van der Waals surface area (Å²) >= 11 is 0. The summed E-state index contributed by atoms with van der Waals surface area (Å²) in [6.45, 7) is 9.21. The third kappa shape index (κ3) is 2.82. The van der Waals surface area contributed by atoms with E-state index in [0.717, 1.165) is 12.8 Å². The molecule has 1 N–H and O–H groups in total. The van der Waals surface area contributed by atoms with Gasteiger partial charge in [0.25, 0.3) is 0 Å².